The quantitative estimate of drug-likeness (QED) is 0.676. The predicted octanol–water partition coefficient (Wildman–Crippen LogP) is 3.59. The molecule has 0 aliphatic rings. The first-order valence-corrected chi connectivity index (χ1v) is 6.74. The van der Waals surface area contributed by atoms with Crippen LogP contribution in [-0.4, -0.2) is 4.92 Å². The lowest BCUT2D eigenvalue weighted by Gasteiger charge is -2.12. The van der Waals surface area contributed by atoms with Crippen molar-refractivity contribution in [1.82, 2.24) is 0 Å². The highest BCUT2D eigenvalue weighted by Gasteiger charge is 2.10. The smallest absolute Gasteiger partial charge is 0.270 e. The molecule has 0 amide bonds. The van der Waals surface area contributed by atoms with Crippen LogP contribution in [0.3, 0.4) is 0 Å². The van der Waals surface area contributed by atoms with E-state index in [9.17, 15) is 10.1 Å². The van der Waals surface area contributed by atoms with Crippen molar-refractivity contribution >= 4 is 17.3 Å². The average molecular weight is 307 g/mol. The Bertz CT molecular complexity index is 674. The van der Waals surface area contributed by atoms with Gasteiger partial charge in [-0.25, -0.2) is 0 Å². The molecule has 0 atom stereocenters. The number of hydrogen-bond donors (Lipinski definition) is 1. The molecule has 0 aliphatic carbocycles. The highest BCUT2D eigenvalue weighted by Crippen LogP contribution is 2.25. The van der Waals surface area contributed by atoms with E-state index in [4.69, 9.17) is 22.1 Å². The molecule has 2 N–H and O–H groups in total. The maximum absolute atomic E-state index is 10.7. The Morgan fingerprint density at radius 1 is 1.24 bits per heavy atom. The molecule has 21 heavy (non-hydrogen) atoms. The third kappa shape index (κ3) is 3.71. The van der Waals surface area contributed by atoms with Crippen molar-refractivity contribution in [2.45, 2.75) is 20.1 Å². The van der Waals surface area contributed by atoms with Gasteiger partial charge in [0, 0.05) is 29.8 Å². The van der Waals surface area contributed by atoms with Gasteiger partial charge >= 0.3 is 0 Å². The summed E-state index contributed by atoms with van der Waals surface area (Å²) < 4.78 is 5.72. The topological polar surface area (TPSA) is 78.4 Å². The summed E-state index contributed by atoms with van der Waals surface area (Å²) in [7, 11) is 0. The predicted molar refractivity (Wildman–Crippen MR) is 81.5 cm³/mol. The first-order valence-electron chi connectivity index (χ1n) is 6.36. The summed E-state index contributed by atoms with van der Waals surface area (Å²) in [6.45, 7) is 2.59. The number of nitro benzene ring substituents is 1. The SMILES string of the molecule is Cc1ccc(OCc2ccc([N+](=O)[O-])cc2Cl)c(CN)c1. The largest absolute Gasteiger partial charge is 0.489 e. The molecule has 0 bridgehead atoms. The van der Waals surface area contributed by atoms with Crippen molar-refractivity contribution in [3.63, 3.8) is 0 Å². The van der Waals surface area contributed by atoms with Gasteiger partial charge in [-0.3, -0.25) is 10.1 Å². The van der Waals surface area contributed by atoms with E-state index < -0.39 is 4.92 Å². The van der Waals surface area contributed by atoms with Gasteiger partial charge < -0.3 is 10.5 Å². The molecule has 5 nitrogen and oxygen atoms in total. The fourth-order valence-electron chi connectivity index (χ4n) is 1.93. The van der Waals surface area contributed by atoms with E-state index >= 15 is 0 Å². The zero-order chi connectivity index (χ0) is 15.4. The third-order valence-electron chi connectivity index (χ3n) is 3.07. The van der Waals surface area contributed by atoms with E-state index in [-0.39, 0.29) is 12.3 Å². The Kier molecular flexibility index (Phi) is 4.77. The van der Waals surface area contributed by atoms with Crippen LogP contribution in [0.25, 0.3) is 0 Å². The van der Waals surface area contributed by atoms with Crippen molar-refractivity contribution in [3.8, 4) is 5.75 Å². The molecule has 0 aliphatic heterocycles. The number of nitrogens with zero attached hydrogens (tertiary/aromatic N) is 1. The van der Waals surface area contributed by atoms with Gasteiger partial charge in [-0.1, -0.05) is 29.3 Å². The first-order chi connectivity index (χ1) is 10.0. The Morgan fingerprint density at radius 2 is 2.00 bits per heavy atom. The minimum Gasteiger partial charge on any atom is -0.489 e. The summed E-state index contributed by atoms with van der Waals surface area (Å²) >= 11 is 6.03. The number of non-ortho nitro benzene ring substituents is 1. The maximum atomic E-state index is 10.7. The van der Waals surface area contributed by atoms with Gasteiger partial charge in [0.05, 0.1) is 9.95 Å². The molecule has 0 fully saturated rings. The van der Waals surface area contributed by atoms with Gasteiger partial charge in [0.1, 0.15) is 12.4 Å². The Morgan fingerprint density at radius 3 is 2.62 bits per heavy atom. The van der Waals surface area contributed by atoms with E-state index in [0.717, 1.165) is 11.1 Å². The number of hydrogen-bond acceptors (Lipinski definition) is 4. The van der Waals surface area contributed by atoms with Crippen LogP contribution < -0.4 is 10.5 Å². The van der Waals surface area contributed by atoms with Gasteiger partial charge in [0.2, 0.25) is 0 Å². The molecule has 0 aromatic heterocycles. The molecule has 0 radical (unpaired) electrons. The van der Waals surface area contributed by atoms with Crippen LogP contribution in [0.2, 0.25) is 5.02 Å². The second-order valence-corrected chi connectivity index (χ2v) is 5.04. The van der Waals surface area contributed by atoms with E-state index in [1.807, 2.05) is 25.1 Å². The molecule has 110 valence electrons. The second-order valence-electron chi connectivity index (χ2n) is 4.64. The minimum atomic E-state index is -0.483. The lowest BCUT2D eigenvalue weighted by molar-refractivity contribution is -0.384. The molecule has 2 aromatic carbocycles. The van der Waals surface area contributed by atoms with Crippen molar-refractivity contribution in [1.29, 1.82) is 0 Å². The monoisotopic (exact) mass is 306 g/mol. The molecule has 0 heterocycles. The lowest BCUT2D eigenvalue weighted by atomic mass is 10.1. The molecule has 0 spiro atoms. The minimum absolute atomic E-state index is 0.0401. The van der Waals surface area contributed by atoms with Crippen molar-refractivity contribution < 1.29 is 9.66 Å². The molecular formula is C15H15ClN2O3. The summed E-state index contributed by atoms with van der Waals surface area (Å²) in [6, 6.07) is 10.1. The number of rotatable bonds is 5. The lowest BCUT2D eigenvalue weighted by Crippen LogP contribution is -2.03. The summed E-state index contributed by atoms with van der Waals surface area (Å²) in [5, 5.41) is 11.0. The van der Waals surface area contributed by atoms with Gasteiger partial charge in [0.15, 0.2) is 0 Å². The fourth-order valence-corrected chi connectivity index (χ4v) is 2.16. The van der Waals surface area contributed by atoms with Crippen LogP contribution in [-0.2, 0) is 13.2 Å². The van der Waals surface area contributed by atoms with Crippen molar-refractivity contribution in [2.24, 2.45) is 5.73 Å². The molecule has 6 heteroatoms. The summed E-state index contributed by atoms with van der Waals surface area (Å²) in [5.74, 6) is 0.692. The zero-order valence-electron chi connectivity index (χ0n) is 11.5. The second kappa shape index (κ2) is 6.56. The van der Waals surface area contributed by atoms with Crippen LogP contribution in [0.4, 0.5) is 5.69 Å². The summed E-state index contributed by atoms with van der Waals surface area (Å²) in [4.78, 5) is 10.2. The number of nitrogens with two attached hydrogens (primary N) is 1. The molecule has 0 saturated carbocycles. The highest BCUT2D eigenvalue weighted by atomic mass is 35.5. The zero-order valence-corrected chi connectivity index (χ0v) is 12.3. The van der Waals surface area contributed by atoms with Gasteiger partial charge in [-0.05, 0) is 19.1 Å². The van der Waals surface area contributed by atoms with Gasteiger partial charge in [-0.2, -0.15) is 0 Å². The van der Waals surface area contributed by atoms with E-state index in [0.29, 0.717) is 22.9 Å². The fraction of sp³-hybridized carbons (Fsp3) is 0.200. The highest BCUT2D eigenvalue weighted by molar-refractivity contribution is 6.31. The molecule has 0 saturated heterocycles. The average Bonchev–Trinajstić information content (AvgIpc) is 2.46. The van der Waals surface area contributed by atoms with Crippen LogP contribution in [0.1, 0.15) is 16.7 Å². The van der Waals surface area contributed by atoms with Gasteiger partial charge in [0.25, 0.3) is 5.69 Å². The normalized spacial score (nSPS) is 10.4. The first kappa shape index (κ1) is 15.3. The van der Waals surface area contributed by atoms with Crippen LogP contribution >= 0.6 is 11.6 Å². The van der Waals surface area contributed by atoms with Crippen molar-refractivity contribution in [3.05, 3.63) is 68.2 Å². The van der Waals surface area contributed by atoms with Crippen molar-refractivity contribution in [2.75, 3.05) is 0 Å². The molecular weight excluding hydrogens is 292 g/mol. The number of aryl methyl sites for hydroxylation is 1. The van der Waals surface area contributed by atoms with E-state index in [2.05, 4.69) is 0 Å². The summed E-state index contributed by atoms with van der Waals surface area (Å²) in [5.41, 5.74) is 8.35. The molecule has 2 aromatic rings. The number of halogens is 1. The van der Waals surface area contributed by atoms with Crippen LogP contribution in [0.15, 0.2) is 36.4 Å². The standard InChI is InChI=1S/C15H15ClN2O3/c1-10-2-5-15(12(6-10)8-17)21-9-11-3-4-13(18(19)20)7-14(11)16/h2-7H,8-9,17H2,1H3. The molecule has 0 unspecified atom stereocenters. The third-order valence-corrected chi connectivity index (χ3v) is 3.42. The Balaban J connectivity index is 2.15. The maximum Gasteiger partial charge on any atom is 0.270 e. The van der Waals surface area contributed by atoms with E-state index in [1.54, 1.807) is 6.07 Å². The van der Waals surface area contributed by atoms with Crippen LogP contribution in [0.5, 0.6) is 5.75 Å². The number of ether oxygens (including phenoxy) is 1. The van der Waals surface area contributed by atoms with Gasteiger partial charge in [-0.15, -0.1) is 0 Å². The summed E-state index contributed by atoms with van der Waals surface area (Å²) in [6.07, 6.45) is 0. The Hall–Kier alpha value is -2.11. The van der Waals surface area contributed by atoms with Crippen LogP contribution in [0, 0.1) is 17.0 Å². The number of benzene rings is 2. The Labute approximate surface area is 127 Å². The number of nitro groups is 1. The van der Waals surface area contributed by atoms with E-state index in [1.165, 1.54) is 12.1 Å². The molecule has 2 rings (SSSR count).